The van der Waals surface area contributed by atoms with E-state index in [2.05, 4.69) is 5.32 Å². The summed E-state index contributed by atoms with van der Waals surface area (Å²) in [6.45, 7) is 3.89. The summed E-state index contributed by atoms with van der Waals surface area (Å²) in [5.41, 5.74) is 0.604. The van der Waals surface area contributed by atoms with E-state index in [0.717, 1.165) is 11.3 Å². The first-order valence-corrected chi connectivity index (χ1v) is 9.74. The van der Waals surface area contributed by atoms with E-state index in [0.29, 0.717) is 22.7 Å². The summed E-state index contributed by atoms with van der Waals surface area (Å²) in [4.78, 5) is 38.4. The molecular weight excluding hydrogens is 408 g/mol. The van der Waals surface area contributed by atoms with Crippen LogP contribution in [-0.4, -0.2) is 31.1 Å². The van der Waals surface area contributed by atoms with Gasteiger partial charge in [0.1, 0.15) is 5.57 Å². The van der Waals surface area contributed by atoms with Gasteiger partial charge in [0.2, 0.25) is 0 Å². The first-order chi connectivity index (χ1) is 14.3. The van der Waals surface area contributed by atoms with Gasteiger partial charge in [0.05, 0.1) is 23.9 Å². The van der Waals surface area contributed by atoms with Gasteiger partial charge in [-0.15, -0.1) is 0 Å². The fourth-order valence-electron chi connectivity index (χ4n) is 2.86. The zero-order valence-corrected chi connectivity index (χ0v) is 17.5. The lowest BCUT2D eigenvalue weighted by molar-refractivity contribution is -0.122. The second kappa shape index (κ2) is 9.00. The molecule has 0 bridgehead atoms. The van der Waals surface area contributed by atoms with Gasteiger partial charge < -0.3 is 9.47 Å². The molecule has 0 spiro atoms. The number of hydrogen-bond donors (Lipinski definition) is 1. The van der Waals surface area contributed by atoms with Crippen LogP contribution in [0.2, 0.25) is 5.02 Å². The molecule has 4 amide bonds. The smallest absolute Gasteiger partial charge is 0.335 e. The van der Waals surface area contributed by atoms with Gasteiger partial charge in [-0.1, -0.05) is 36.7 Å². The predicted molar refractivity (Wildman–Crippen MR) is 114 cm³/mol. The number of carbonyl (C=O) groups excluding carboxylic acids is 3. The van der Waals surface area contributed by atoms with Gasteiger partial charge in [-0.3, -0.25) is 14.9 Å². The maximum Gasteiger partial charge on any atom is 0.335 e. The molecule has 0 radical (unpaired) electrons. The average Bonchev–Trinajstić information content (AvgIpc) is 2.73. The number of urea groups is 1. The van der Waals surface area contributed by atoms with Gasteiger partial charge in [0.25, 0.3) is 11.8 Å². The zero-order chi connectivity index (χ0) is 21.8. The second-order valence-electron chi connectivity index (χ2n) is 6.66. The van der Waals surface area contributed by atoms with E-state index in [-0.39, 0.29) is 16.7 Å². The van der Waals surface area contributed by atoms with Gasteiger partial charge in [-0.25, -0.2) is 9.69 Å². The number of barbiturate groups is 1. The van der Waals surface area contributed by atoms with Crippen molar-refractivity contribution < 1.29 is 23.9 Å². The van der Waals surface area contributed by atoms with Crippen molar-refractivity contribution in [2.75, 3.05) is 12.0 Å². The number of hydrogen-bond acceptors (Lipinski definition) is 5. The van der Waals surface area contributed by atoms with Crippen molar-refractivity contribution >= 4 is 41.2 Å². The van der Waals surface area contributed by atoms with Crippen LogP contribution in [0.5, 0.6) is 11.5 Å². The lowest BCUT2D eigenvalue weighted by Gasteiger charge is -2.26. The Hall–Kier alpha value is -3.32. The van der Waals surface area contributed by atoms with Crippen LogP contribution in [0.15, 0.2) is 48.0 Å². The molecule has 30 heavy (non-hydrogen) atoms. The van der Waals surface area contributed by atoms with Gasteiger partial charge in [0, 0.05) is 0 Å². The highest BCUT2D eigenvalue weighted by molar-refractivity contribution is 6.39. The van der Waals surface area contributed by atoms with Crippen LogP contribution in [0.4, 0.5) is 10.5 Å². The van der Waals surface area contributed by atoms with Gasteiger partial charge in [-0.2, -0.15) is 0 Å². The van der Waals surface area contributed by atoms with E-state index < -0.39 is 17.8 Å². The quantitative estimate of drug-likeness (QED) is 0.550. The van der Waals surface area contributed by atoms with E-state index >= 15 is 0 Å². The summed E-state index contributed by atoms with van der Waals surface area (Å²) in [5, 5.41) is 2.47. The topological polar surface area (TPSA) is 84.9 Å². The third-order valence-electron chi connectivity index (χ3n) is 4.57. The van der Waals surface area contributed by atoms with E-state index in [1.54, 1.807) is 42.5 Å². The highest BCUT2D eigenvalue weighted by atomic mass is 35.5. The van der Waals surface area contributed by atoms with Crippen molar-refractivity contribution in [1.82, 2.24) is 5.32 Å². The van der Waals surface area contributed by atoms with Gasteiger partial charge in [-0.05, 0) is 49.2 Å². The number of para-hydroxylation sites is 1. The third kappa shape index (κ3) is 4.31. The van der Waals surface area contributed by atoms with Crippen molar-refractivity contribution in [2.24, 2.45) is 0 Å². The summed E-state index contributed by atoms with van der Waals surface area (Å²) in [5.74, 6) is -0.761. The van der Waals surface area contributed by atoms with Gasteiger partial charge >= 0.3 is 6.03 Å². The molecular formula is C22H21ClN2O5. The van der Waals surface area contributed by atoms with E-state index in [9.17, 15) is 14.4 Å². The van der Waals surface area contributed by atoms with E-state index in [1.807, 2.05) is 13.8 Å². The lowest BCUT2D eigenvalue weighted by Crippen LogP contribution is -2.54. The number of rotatable bonds is 6. The molecule has 1 aliphatic rings. The molecule has 2 aromatic rings. The molecule has 0 saturated carbocycles. The minimum absolute atomic E-state index is 0.0725. The lowest BCUT2D eigenvalue weighted by atomic mass is 10.1. The summed E-state index contributed by atoms with van der Waals surface area (Å²) in [6.07, 6.45) is 2.07. The highest BCUT2D eigenvalue weighted by Gasteiger charge is 2.36. The maximum absolute atomic E-state index is 12.9. The molecule has 156 valence electrons. The molecule has 7 nitrogen and oxygen atoms in total. The van der Waals surface area contributed by atoms with Crippen molar-refractivity contribution in [2.45, 2.75) is 26.4 Å². The number of carbonyl (C=O) groups is 3. The highest BCUT2D eigenvalue weighted by Crippen LogP contribution is 2.38. The van der Waals surface area contributed by atoms with Crippen molar-refractivity contribution in [3.05, 3.63) is 58.6 Å². The van der Waals surface area contributed by atoms with Crippen LogP contribution in [0, 0.1) is 0 Å². The molecule has 8 heteroatoms. The Morgan fingerprint density at radius 2 is 1.87 bits per heavy atom. The predicted octanol–water partition coefficient (Wildman–Crippen LogP) is 4.19. The number of anilines is 1. The Labute approximate surface area is 179 Å². The molecule has 1 atom stereocenters. The number of methoxy groups -OCH3 is 1. The van der Waals surface area contributed by atoms with Crippen LogP contribution >= 0.6 is 11.6 Å². The normalized spacial score (nSPS) is 16.5. The molecule has 1 heterocycles. The Balaban J connectivity index is 2.00. The summed E-state index contributed by atoms with van der Waals surface area (Å²) in [7, 11) is 1.47. The molecule has 0 aliphatic carbocycles. The largest absolute Gasteiger partial charge is 0.493 e. The Morgan fingerprint density at radius 1 is 1.17 bits per heavy atom. The number of nitrogens with zero attached hydrogens (tertiary/aromatic N) is 1. The Kier molecular flexibility index (Phi) is 6.42. The number of nitrogens with one attached hydrogen (secondary N) is 1. The van der Waals surface area contributed by atoms with E-state index in [4.69, 9.17) is 21.1 Å². The van der Waals surface area contributed by atoms with Crippen LogP contribution in [0.25, 0.3) is 6.08 Å². The van der Waals surface area contributed by atoms with Gasteiger partial charge in [0.15, 0.2) is 11.5 Å². The van der Waals surface area contributed by atoms with Crippen LogP contribution in [0.3, 0.4) is 0 Å². The minimum Gasteiger partial charge on any atom is -0.493 e. The monoisotopic (exact) mass is 428 g/mol. The summed E-state index contributed by atoms with van der Waals surface area (Å²) in [6, 6.07) is 10.7. The van der Waals surface area contributed by atoms with Crippen molar-refractivity contribution in [3.8, 4) is 11.5 Å². The first kappa shape index (κ1) is 21.4. The van der Waals surface area contributed by atoms with Crippen LogP contribution in [-0.2, 0) is 9.59 Å². The zero-order valence-electron chi connectivity index (χ0n) is 16.8. The average molecular weight is 429 g/mol. The fraction of sp³-hybridized carbons (Fsp3) is 0.227. The first-order valence-electron chi connectivity index (χ1n) is 9.36. The van der Waals surface area contributed by atoms with Crippen LogP contribution < -0.4 is 19.7 Å². The molecule has 1 fully saturated rings. The molecule has 1 aliphatic heterocycles. The molecule has 2 aromatic carbocycles. The molecule has 1 unspecified atom stereocenters. The molecule has 1 N–H and O–H groups in total. The number of halogens is 1. The number of amides is 4. The standard InChI is InChI=1S/C22H21ClN2O5/c1-4-13(2)30-19-17(23)11-14(12-18(19)29-3)10-16-20(26)24-22(28)25(21(16)27)15-8-6-5-7-9-15/h5-13H,4H2,1-3H3,(H,24,26,28)/b16-10+. The summed E-state index contributed by atoms with van der Waals surface area (Å²) >= 11 is 6.37. The molecule has 3 rings (SSSR count). The molecule has 1 saturated heterocycles. The Bertz CT molecular complexity index is 1020. The fourth-order valence-corrected chi connectivity index (χ4v) is 3.12. The van der Waals surface area contributed by atoms with Crippen molar-refractivity contribution in [3.63, 3.8) is 0 Å². The number of ether oxygens (including phenoxy) is 2. The number of benzene rings is 2. The van der Waals surface area contributed by atoms with Crippen LogP contribution in [0.1, 0.15) is 25.8 Å². The number of imide groups is 2. The maximum atomic E-state index is 12.9. The third-order valence-corrected chi connectivity index (χ3v) is 4.85. The van der Waals surface area contributed by atoms with Crippen molar-refractivity contribution in [1.29, 1.82) is 0 Å². The van der Waals surface area contributed by atoms with E-state index in [1.165, 1.54) is 13.2 Å². The molecule has 0 aromatic heterocycles. The second-order valence-corrected chi connectivity index (χ2v) is 7.07. The Morgan fingerprint density at radius 3 is 2.50 bits per heavy atom. The SMILES string of the molecule is CCC(C)Oc1c(Cl)cc(/C=C2\C(=O)NC(=O)N(c3ccccc3)C2=O)cc1OC. The minimum atomic E-state index is -0.804. The summed E-state index contributed by atoms with van der Waals surface area (Å²) < 4.78 is 11.2.